The molecule has 0 unspecified atom stereocenters. The third-order valence-corrected chi connectivity index (χ3v) is 4.72. The van der Waals surface area contributed by atoms with Gasteiger partial charge in [0.25, 0.3) is 0 Å². The van der Waals surface area contributed by atoms with Crippen molar-refractivity contribution >= 4 is 0 Å². The fourth-order valence-corrected chi connectivity index (χ4v) is 3.31. The van der Waals surface area contributed by atoms with Crippen molar-refractivity contribution in [1.29, 1.82) is 0 Å². The molecule has 134 valence electrons. The van der Waals surface area contributed by atoms with Crippen molar-refractivity contribution in [3.63, 3.8) is 0 Å². The third-order valence-electron chi connectivity index (χ3n) is 4.72. The highest BCUT2D eigenvalue weighted by Gasteiger charge is 2.14. The van der Waals surface area contributed by atoms with Crippen LogP contribution in [0, 0.1) is 0 Å². The molecule has 1 aliphatic heterocycles. The first-order valence-electron chi connectivity index (χ1n) is 9.09. The summed E-state index contributed by atoms with van der Waals surface area (Å²) in [5.74, 6) is 2.13. The van der Waals surface area contributed by atoms with Gasteiger partial charge in [0.2, 0.25) is 5.88 Å². The highest BCUT2D eigenvalue weighted by atomic mass is 16.5. The maximum atomic E-state index is 6.03. The molecule has 6 heteroatoms. The van der Waals surface area contributed by atoms with Crippen LogP contribution in [0.25, 0.3) is 11.5 Å². The fraction of sp³-hybridized carbons (Fsp3) is 0.350. The number of imidazole rings is 1. The summed E-state index contributed by atoms with van der Waals surface area (Å²) in [4.78, 5) is 6.78. The topological polar surface area (TPSA) is 56.1 Å². The molecule has 3 heterocycles. The zero-order valence-corrected chi connectivity index (χ0v) is 15.0. The molecule has 0 bridgehead atoms. The summed E-state index contributed by atoms with van der Waals surface area (Å²) in [6.07, 6.45) is 7.54. The van der Waals surface area contributed by atoms with Crippen LogP contribution in [-0.2, 0) is 13.6 Å². The molecule has 0 radical (unpaired) electrons. The fourth-order valence-electron chi connectivity index (χ4n) is 3.31. The number of aryl methyl sites for hydroxylation is 1. The van der Waals surface area contributed by atoms with Gasteiger partial charge in [-0.1, -0.05) is 24.6 Å². The van der Waals surface area contributed by atoms with Gasteiger partial charge in [0, 0.05) is 37.6 Å². The molecule has 1 aromatic carbocycles. The smallest absolute Gasteiger partial charge is 0.238 e. The van der Waals surface area contributed by atoms with E-state index in [2.05, 4.69) is 32.2 Å². The molecule has 1 aliphatic rings. The van der Waals surface area contributed by atoms with Crippen LogP contribution in [0.5, 0.6) is 11.6 Å². The molecule has 26 heavy (non-hydrogen) atoms. The van der Waals surface area contributed by atoms with Gasteiger partial charge in [0.15, 0.2) is 5.82 Å². The molecular formula is C20H23N5O. The van der Waals surface area contributed by atoms with E-state index < -0.39 is 0 Å². The van der Waals surface area contributed by atoms with Crippen LogP contribution in [0.2, 0.25) is 0 Å². The van der Waals surface area contributed by atoms with E-state index in [0.29, 0.717) is 5.88 Å². The number of benzene rings is 1. The van der Waals surface area contributed by atoms with E-state index in [1.165, 1.54) is 24.8 Å². The highest BCUT2D eigenvalue weighted by molar-refractivity contribution is 5.49. The Morgan fingerprint density at radius 1 is 1.00 bits per heavy atom. The third kappa shape index (κ3) is 3.75. The summed E-state index contributed by atoms with van der Waals surface area (Å²) in [6.45, 7) is 3.23. The molecule has 0 N–H and O–H groups in total. The SMILES string of the molecule is Cn1ccnc1-c1ccc(Oc2ccccc2CN2CCCCC2)nn1. The average molecular weight is 349 g/mol. The summed E-state index contributed by atoms with van der Waals surface area (Å²) < 4.78 is 7.94. The normalized spacial score (nSPS) is 15.1. The van der Waals surface area contributed by atoms with Gasteiger partial charge < -0.3 is 9.30 Å². The number of hydrogen-bond acceptors (Lipinski definition) is 5. The van der Waals surface area contributed by atoms with E-state index in [-0.39, 0.29) is 0 Å². The van der Waals surface area contributed by atoms with Crippen molar-refractivity contribution in [3.8, 4) is 23.1 Å². The number of aromatic nitrogens is 4. The van der Waals surface area contributed by atoms with Crippen LogP contribution in [-0.4, -0.2) is 37.7 Å². The summed E-state index contributed by atoms with van der Waals surface area (Å²) >= 11 is 0. The van der Waals surface area contributed by atoms with Crippen molar-refractivity contribution in [3.05, 3.63) is 54.4 Å². The zero-order chi connectivity index (χ0) is 17.8. The number of nitrogens with zero attached hydrogens (tertiary/aromatic N) is 5. The Labute approximate surface area is 153 Å². The lowest BCUT2D eigenvalue weighted by Gasteiger charge is -2.27. The van der Waals surface area contributed by atoms with E-state index in [1.807, 2.05) is 42.1 Å². The number of para-hydroxylation sites is 1. The first-order valence-corrected chi connectivity index (χ1v) is 9.09. The predicted molar refractivity (Wildman–Crippen MR) is 99.9 cm³/mol. The monoisotopic (exact) mass is 349 g/mol. The standard InChI is InChI=1S/C20H23N5O/c1-24-14-11-21-20(24)17-9-10-19(23-22-17)26-18-8-4-3-7-16(18)15-25-12-5-2-6-13-25/h3-4,7-11,14H,2,5-6,12-13,15H2,1H3. The van der Waals surface area contributed by atoms with Crippen molar-refractivity contribution in [2.45, 2.75) is 25.8 Å². The van der Waals surface area contributed by atoms with Crippen molar-refractivity contribution in [2.75, 3.05) is 13.1 Å². The van der Waals surface area contributed by atoms with E-state index in [1.54, 1.807) is 6.20 Å². The van der Waals surface area contributed by atoms with Crippen LogP contribution < -0.4 is 4.74 Å². The van der Waals surface area contributed by atoms with Gasteiger partial charge in [0.1, 0.15) is 11.4 Å². The van der Waals surface area contributed by atoms with Crippen LogP contribution in [0.1, 0.15) is 24.8 Å². The first-order chi connectivity index (χ1) is 12.8. The predicted octanol–water partition coefficient (Wildman–Crippen LogP) is 3.66. The van der Waals surface area contributed by atoms with Gasteiger partial charge in [-0.3, -0.25) is 4.90 Å². The van der Waals surface area contributed by atoms with Crippen molar-refractivity contribution < 1.29 is 4.74 Å². The molecule has 1 fully saturated rings. The minimum atomic E-state index is 0.494. The molecule has 6 nitrogen and oxygen atoms in total. The quantitative estimate of drug-likeness (QED) is 0.704. The van der Waals surface area contributed by atoms with Crippen LogP contribution in [0.3, 0.4) is 0 Å². The number of ether oxygens (including phenoxy) is 1. The molecular weight excluding hydrogens is 326 g/mol. The van der Waals surface area contributed by atoms with Crippen LogP contribution >= 0.6 is 0 Å². The average Bonchev–Trinajstić information content (AvgIpc) is 3.11. The lowest BCUT2D eigenvalue weighted by molar-refractivity contribution is 0.219. The molecule has 3 aromatic rings. The highest BCUT2D eigenvalue weighted by Crippen LogP contribution is 2.26. The Balaban J connectivity index is 1.49. The lowest BCUT2D eigenvalue weighted by atomic mass is 10.1. The molecule has 0 aliphatic carbocycles. The molecule has 1 saturated heterocycles. The molecule has 2 aromatic heterocycles. The zero-order valence-electron chi connectivity index (χ0n) is 15.0. The van der Waals surface area contributed by atoms with Gasteiger partial charge in [-0.2, -0.15) is 0 Å². The minimum Gasteiger partial charge on any atom is -0.437 e. The summed E-state index contributed by atoms with van der Waals surface area (Å²) in [6, 6.07) is 11.9. The number of piperidine rings is 1. The second kappa shape index (κ2) is 7.66. The van der Waals surface area contributed by atoms with Gasteiger partial charge in [-0.25, -0.2) is 4.98 Å². The van der Waals surface area contributed by atoms with Gasteiger partial charge in [-0.05, 0) is 38.1 Å². The summed E-state index contributed by atoms with van der Waals surface area (Å²) in [5, 5.41) is 8.47. The number of likely N-dealkylation sites (tertiary alicyclic amines) is 1. The largest absolute Gasteiger partial charge is 0.437 e. The number of hydrogen-bond donors (Lipinski definition) is 0. The second-order valence-electron chi connectivity index (χ2n) is 6.67. The van der Waals surface area contributed by atoms with E-state index in [4.69, 9.17) is 4.74 Å². The maximum Gasteiger partial charge on any atom is 0.238 e. The lowest BCUT2D eigenvalue weighted by Crippen LogP contribution is -2.29. The molecule has 0 atom stereocenters. The second-order valence-corrected chi connectivity index (χ2v) is 6.67. The van der Waals surface area contributed by atoms with Crippen LogP contribution in [0.15, 0.2) is 48.8 Å². The van der Waals surface area contributed by atoms with Crippen molar-refractivity contribution in [1.82, 2.24) is 24.6 Å². The van der Waals surface area contributed by atoms with E-state index >= 15 is 0 Å². The van der Waals surface area contributed by atoms with Crippen molar-refractivity contribution in [2.24, 2.45) is 7.05 Å². The maximum absolute atomic E-state index is 6.03. The van der Waals surface area contributed by atoms with Gasteiger partial charge in [0.05, 0.1) is 0 Å². The molecule has 0 amide bonds. The Kier molecular flexibility index (Phi) is 4.93. The van der Waals surface area contributed by atoms with Gasteiger partial charge in [-0.15, -0.1) is 10.2 Å². The molecule has 0 saturated carbocycles. The first kappa shape index (κ1) is 16.7. The Morgan fingerprint density at radius 2 is 1.85 bits per heavy atom. The van der Waals surface area contributed by atoms with Crippen LogP contribution in [0.4, 0.5) is 0 Å². The summed E-state index contributed by atoms with van der Waals surface area (Å²) in [7, 11) is 1.94. The summed E-state index contributed by atoms with van der Waals surface area (Å²) in [5.41, 5.74) is 1.91. The Bertz CT molecular complexity index is 853. The number of rotatable bonds is 5. The molecule has 4 rings (SSSR count). The Morgan fingerprint density at radius 3 is 2.58 bits per heavy atom. The minimum absolute atomic E-state index is 0.494. The van der Waals surface area contributed by atoms with E-state index in [0.717, 1.165) is 36.9 Å². The molecule has 0 spiro atoms. The van der Waals surface area contributed by atoms with Gasteiger partial charge >= 0.3 is 0 Å². The van der Waals surface area contributed by atoms with E-state index in [9.17, 15) is 0 Å². The Hall–Kier alpha value is -2.73.